The van der Waals surface area contributed by atoms with Gasteiger partial charge in [0.2, 0.25) is 0 Å². The lowest BCUT2D eigenvalue weighted by Gasteiger charge is -2.34. The van der Waals surface area contributed by atoms with Gasteiger partial charge in [0.05, 0.1) is 13.2 Å². The van der Waals surface area contributed by atoms with Gasteiger partial charge in [0.1, 0.15) is 11.2 Å². The monoisotopic (exact) mass is 404 g/mol. The highest BCUT2D eigenvalue weighted by molar-refractivity contribution is 5.85. The second kappa shape index (κ2) is 9.03. The van der Waals surface area contributed by atoms with E-state index in [-0.39, 0.29) is 18.3 Å². The van der Waals surface area contributed by atoms with Gasteiger partial charge in [-0.25, -0.2) is 0 Å². The zero-order valence-electron chi connectivity index (χ0n) is 16.5. The Bertz CT molecular complexity index is 912. The van der Waals surface area contributed by atoms with Crippen molar-refractivity contribution in [3.8, 4) is 11.8 Å². The van der Waals surface area contributed by atoms with Crippen LogP contribution < -0.4 is 9.64 Å². The molecule has 1 aliphatic heterocycles. The molecule has 1 fully saturated rings. The molecule has 0 amide bonds. The molecule has 29 heavy (non-hydrogen) atoms. The number of anilines is 1. The summed E-state index contributed by atoms with van der Waals surface area (Å²) >= 11 is 0. The quantitative estimate of drug-likeness (QED) is 0.567. The zero-order chi connectivity index (χ0) is 19.4. The van der Waals surface area contributed by atoms with Gasteiger partial charge < -0.3 is 9.64 Å². The van der Waals surface area contributed by atoms with Crippen molar-refractivity contribution in [2.24, 2.45) is 5.92 Å². The van der Waals surface area contributed by atoms with Crippen LogP contribution in [0.15, 0.2) is 84.9 Å². The van der Waals surface area contributed by atoms with Crippen molar-refractivity contribution in [1.82, 2.24) is 0 Å². The molecule has 1 heterocycles. The molecule has 4 rings (SSSR count). The number of benzene rings is 3. The fourth-order valence-electron chi connectivity index (χ4n) is 4.40. The van der Waals surface area contributed by atoms with Gasteiger partial charge in [0.15, 0.2) is 0 Å². The predicted molar refractivity (Wildman–Crippen MR) is 120 cm³/mol. The van der Waals surface area contributed by atoms with Crippen molar-refractivity contribution in [1.29, 1.82) is 5.26 Å². The number of methoxy groups -OCH3 is 1. The van der Waals surface area contributed by atoms with Crippen molar-refractivity contribution in [3.05, 3.63) is 96.1 Å². The summed E-state index contributed by atoms with van der Waals surface area (Å²) in [5.74, 6) is 1.07. The Morgan fingerprint density at radius 1 is 0.897 bits per heavy atom. The van der Waals surface area contributed by atoms with Crippen molar-refractivity contribution in [2.75, 3.05) is 25.1 Å². The molecule has 3 aromatic carbocycles. The molecule has 3 aromatic rings. The largest absolute Gasteiger partial charge is 0.497 e. The molecule has 0 radical (unpaired) electrons. The maximum absolute atomic E-state index is 10.5. The predicted octanol–water partition coefficient (Wildman–Crippen LogP) is 5.45. The molecule has 0 aliphatic carbocycles. The molecular weight excluding hydrogens is 380 g/mol. The fourth-order valence-corrected chi connectivity index (χ4v) is 4.40. The Morgan fingerprint density at radius 2 is 1.45 bits per heavy atom. The summed E-state index contributed by atoms with van der Waals surface area (Å²) < 4.78 is 5.28. The lowest BCUT2D eigenvalue weighted by Crippen LogP contribution is -2.37. The van der Waals surface area contributed by atoms with E-state index >= 15 is 0 Å². The van der Waals surface area contributed by atoms with Crippen LogP contribution in [0.3, 0.4) is 0 Å². The molecule has 4 heteroatoms. The summed E-state index contributed by atoms with van der Waals surface area (Å²) in [4.78, 5) is 2.38. The zero-order valence-corrected chi connectivity index (χ0v) is 17.3. The summed E-state index contributed by atoms with van der Waals surface area (Å²) in [5, 5.41) is 10.5. The van der Waals surface area contributed by atoms with E-state index in [1.807, 2.05) is 48.5 Å². The van der Waals surface area contributed by atoms with Crippen molar-refractivity contribution < 1.29 is 4.74 Å². The summed E-state index contributed by atoms with van der Waals surface area (Å²) in [7, 11) is 1.68. The van der Waals surface area contributed by atoms with Crippen molar-refractivity contribution in [3.63, 3.8) is 0 Å². The molecule has 0 aromatic heterocycles. The van der Waals surface area contributed by atoms with Crippen molar-refractivity contribution >= 4 is 18.1 Å². The van der Waals surface area contributed by atoms with E-state index < -0.39 is 5.41 Å². The minimum Gasteiger partial charge on any atom is -0.497 e. The van der Waals surface area contributed by atoms with E-state index in [4.69, 9.17) is 4.74 Å². The molecule has 0 unspecified atom stereocenters. The maximum atomic E-state index is 10.5. The topological polar surface area (TPSA) is 36.3 Å². The summed E-state index contributed by atoms with van der Waals surface area (Å²) in [6.45, 7) is 1.80. The number of hydrogen-bond acceptors (Lipinski definition) is 3. The second-order valence-corrected chi connectivity index (χ2v) is 7.28. The van der Waals surface area contributed by atoms with Gasteiger partial charge in [-0.3, -0.25) is 0 Å². The smallest absolute Gasteiger partial charge is 0.119 e. The number of hydrogen-bond donors (Lipinski definition) is 0. The van der Waals surface area contributed by atoms with Gasteiger partial charge in [0, 0.05) is 24.7 Å². The third-order valence-corrected chi connectivity index (χ3v) is 5.87. The van der Waals surface area contributed by atoms with Gasteiger partial charge in [0.25, 0.3) is 0 Å². The first-order chi connectivity index (χ1) is 13.8. The van der Waals surface area contributed by atoms with Crippen LogP contribution in [0.2, 0.25) is 0 Å². The van der Waals surface area contributed by atoms with Crippen LogP contribution in [-0.4, -0.2) is 20.2 Å². The lowest BCUT2D eigenvalue weighted by atomic mass is 9.66. The molecule has 0 spiro atoms. The van der Waals surface area contributed by atoms with E-state index in [1.54, 1.807) is 7.11 Å². The van der Waals surface area contributed by atoms with E-state index in [2.05, 4.69) is 47.4 Å². The summed E-state index contributed by atoms with van der Waals surface area (Å²) in [5.41, 5.74) is 2.68. The average Bonchev–Trinajstić information content (AvgIpc) is 3.27. The first-order valence-electron chi connectivity index (χ1n) is 9.69. The highest BCUT2D eigenvalue weighted by Gasteiger charge is 2.45. The molecule has 1 aliphatic rings. The van der Waals surface area contributed by atoms with E-state index in [1.165, 1.54) is 5.69 Å². The number of halogens is 1. The third kappa shape index (κ3) is 3.81. The van der Waals surface area contributed by atoms with Crippen LogP contribution in [0.25, 0.3) is 0 Å². The van der Waals surface area contributed by atoms with Crippen LogP contribution in [0, 0.1) is 17.2 Å². The fraction of sp³-hybridized carbons (Fsp3) is 0.240. The maximum Gasteiger partial charge on any atom is 0.119 e. The minimum atomic E-state index is -0.649. The van der Waals surface area contributed by atoms with Crippen LogP contribution in [0.4, 0.5) is 5.69 Å². The Morgan fingerprint density at radius 3 is 1.93 bits per heavy atom. The van der Waals surface area contributed by atoms with Gasteiger partial charge >= 0.3 is 0 Å². The molecule has 0 N–H and O–H groups in total. The molecule has 0 saturated carbocycles. The van der Waals surface area contributed by atoms with Gasteiger partial charge in [-0.2, -0.15) is 5.26 Å². The Balaban J connectivity index is 0.00000240. The Labute approximate surface area is 179 Å². The molecule has 3 nitrogen and oxygen atoms in total. The number of ether oxygens (including phenoxy) is 1. The van der Waals surface area contributed by atoms with Gasteiger partial charge in [-0.1, -0.05) is 60.7 Å². The lowest BCUT2D eigenvalue weighted by molar-refractivity contribution is 0.414. The Kier molecular flexibility index (Phi) is 6.46. The number of nitriles is 1. The first-order valence-corrected chi connectivity index (χ1v) is 9.69. The molecule has 148 valence electrons. The molecule has 1 atom stereocenters. The average molecular weight is 405 g/mol. The third-order valence-electron chi connectivity index (χ3n) is 5.87. The van der Waals surface area contributed by atoms with Crippen LogP contribution >= 0.6 is 12.4 Å². The van der Waals surface area contributed by atoms with Gasteiger partial charge in [-0.05, 0) is 41.8 Å². The SMILES string of the molecule is COc1ccc(N2CC[C@@H](C(C#N)(c3ccccc3)c3ccccc3)C2)cc1.Cl. The highest BCUT2D eigenvalue weighted by Crippen LogP contribution is 2.44. The number of rotatable bonds is 5. The molecule has 0 bridgehead atoms. The normalized spacial score (nSPS) is 16.0. The summed E-state index contributed by atoms with van der Waals surface area (Å²) in [6.07, 6.45) is 0.976. The summed E-state index contributed by atoms with van der Waals surface area (Å²) in [6, 6.07) is 31.4. The van der Waals surface area contributed by atoms with E-state index in [0.717, 1.165) is 36.4 Å². The van der Waals surface area contributed by atoms with E-state index in [0.29, 0.717) is 0 Å². The van der Waals surface area contributed by atoms with Crippen LogP contribution in [0.5, 0.6) is 5.75 Å². The van der Waals surface area contributed by atoms with E-state index in [9.17, 15) is 5.26 Å². The molecule has 1 saturated heterocycles. The van der Waals surface area contributed by atoms with Crippen LogP contribution in [0.1, 0.15) is 17.5 Å². The Hall–Kier alpha value is -2.96. The standard InChI is InChI=1S/C25H24N2O.ClH/c1-28-24-14-12-23(13-15-24)27-17-16-22(18-27)25(19-26,20-8-4-2-5-9-20)21-10-6-3-7-11-21;/h2-15,22H,16-18H2,1H3;1H/t22-;/m1./s1. The van der Waals surface area contributed by atoms with Crippen LogP contribution in [-0.2, 0) is 5.41 Å². The second-order valence-electron chi connectivity index (χ2n) is 7.28. The van der Waals surface area contributed by atoms with Crippen molar-refractivity contribution in [2.45, 2.75) is 11.8 Å². The molecular formula is C25H25ClN2O. The first kappa shape index (κ1) is 20.8. The minimum absolute atomic E-state index is 0. The highest BCUT2D eigenvalue weighted by atomic mass is 35.5. The van der Waals surface area contributed by atoms with Gasteiger partial charge in [-0.15, -0.1) is 12.4 Å². The number of nitrogens with zero attached hydrogens (tertiary/aromatic N) is 2.